The zero-order valence-corrected chi connectivity index (χ0v) is 12.3. The lowest BCUT2D eigenvalue weighted by Crippen LogP contribution is -2.16. The fraction of sp³-hybridized carbons (Fsp3) is 0.250. The van der Waals surface area contributed by atoms with Gasteiger partial charge in [-0.05, 0) is 30.2 Å². The minimum absolute atomic E-state index is 0.0205. The second-order valence-corrected chi connectivity index (χ2v) is 5.95. The molecule has 0 amide bonds. The maximum absolute atomic E-state index is 13.8. The molecule has 3 rings (SSSR count). The third kappa shape index (κ3) is 2.83. The average Bonchev–Trinajstić information content (AvgIpc) is 2.50. The molecule has 2 aromatic carbocycles. The largest absolute Gasteiger partial charge is 0.494 e. The van der Waals surface area contributed by atoms with Gasteiger partial charge in [-0.1, -0.05) is 12.1 Å². The van der Waals surface area contributed by atoms with Gasteiger partial charge >= 0.3 is 0 Å². The Morgan fingerprint density at radius 1 is 1.19 bits per heavy atom. The molecule has 1 N–H and O–H groups in total. The van der Waals surface area contributed by atoms with Crippen LogP contribution in [0.4, 0.5) is 14.5 Å². The van der Waals surface area contributed by atoms with Crippen LogP contribution in [0, 0.1) is 11.6 Å². The number of hydrogen-bond acceptors (Lipinski definition) is 3. The van der Waals surface area contributed by atoms with E-state index in [9.17, 15) is 8.78 Å². The molecule has 1 atom stereocenters. The van der Waals surface area contributed by atoms with Crippen molar-refractivity contribution in [1.82, 2.24) is 0 Å². The quantitative estimate of drug-likeness (QED) is 0.894. The van der Waals surface area contributed by atoms with Crippen molar-refractivity contribution in [3.63, 3.8) is 0 Å². The lowest BCUT2D eigenvalue weighted by atomic mass is 10.0. The number of rotatable bonds is 3. The molecule has 0 saturated heterocycles. The van der Waals surface area contributed by atoms with Crippen molar-refractivity contribution < 1.29 is 13.5 Å². The summed E-state index contributed by atoms with van der Waals surface area (Å²) in [6.07, 6.45) is 0.890. The van der Waals surface area contributed by atoms with Gasteiger partial charge in [-0.25, -0.2) is 8.78 Å². The average molecular weight is 307 g/mol. The molecule has 2 nitrogen and oxygen atoms in total. The predicted molar refractivity (Wildman–Crippen MR) is 81.1 cm³/mol. The topological polar surface area (TPSA) is 21.3 Å². The fourth-order valence-electron chi connectivity index (χ4n) is 2.49. The Kier molecular flexibility index (Phi) is 4.01. The van der Waals surface area contributed by atoms with E-state index in [4.69, 9.17) is 4.74 Å². The van der Waals surface area contributed by atoms with Crippen LogP contribution in [0.2, 0.25) is 0 Å². The van der Waals surface area contributed by atoms with Gasteiger partial charge in [-0.15, -0.1) is 11.8 Å². The molecule has 1 heterocycles. The summed E-state index contributed by atoms with van der Waals surface area (Å²) in [5, 5.41) is 3.34. The molecular weight excluding hydrogens is 292 g/mol. The number of anilines is 1. The molecule has 0 spiro atoms. The molecule has 5 heteroatoms. The van der Waals surface area contributed by atoms with Crippen LogP contribution in [-0.4, -0.2) is 12.9 Å². The zero-order chi connectivity index (χ0) is 14.8. The lowest BCUT2D eigenvalue weighted by Gasteiger charge is -2.27. The molecule has 21 heavy (non-hydrogen) atoms. The van der Waals surface area contributed by atoms with Crippen molar-refractivity contribution in [3.8, 4) is 5.75 Å². The fourth-order valence-corrected chi connectivity index (χ4v) is 3.63. The van der Waals surface area contributed by atoms with Gasteiger partial charge in [0, 0.05) is 22.4 Å². The number of fused-ring (bicyclic) bond motifs is 1. The Balaban J connectivity index is 1.88. The Hall–Kier alpha value is -1.75. The van der Waals surface area contributed by atoms with E-state index in [0.29, 0.717) is 4.90 Å². The van der Waals surface area contributed by atoms with Crippen molar-refractivity contribution >= 4 is 17.4 Å². The first-order valence-corrected chi connectivity index (χ1v) is 7.69. The van der Waals surface area contributed by atoms with Gasteiger partial charge in [0.05, 0.1) is 13.2 Å². The van der Waals surface area contributed by atoms with Crippen LogP contribution in [0.3, 0.4) is 0 Å². The highest BCUT2D eigenvalue weighted by atomic mass is 32.2. The van der Waals surface area contributed by atoms with Crippen LogP contribution in [0.1, 0.15) is 18.0 Å². The molecular formula is C16H15F2NOS. The van der Waals surface area contributed by atoms with Crippen LogP contribution in [0.5, 0.6) is 5.75 Å². The number of hydrogen-bond donors (Lipinski definition) is 1. The van der Waals surface area contributed by atoms with E-state index in [2.05, 4.69) is 5.32 Å². The van der Waals surface area contributed by atoms with Crippen LogP contribution in [0.25, 0.3) is 0 Å². The number of methoxy groups -OCH3 is 1. The summed E-state index contributed by atoms with van der Waals surface area (Å²) in [6, 6.07) is 9.81. The Morgan fingerprint density at radius 3 is 2.86 bits per heavy atom. The van der Waals surface area contributed by atoms with Gasteiger partial charge in [-0.3, -0.25) is 0 Å². The number of ether oxygens (including phenoxy) is 1. The maximum atomic E-state index is 13.8. The smallest absolute Gasteiger partial charge is 0.165 e. The second kappa shape index (κ2) is 5.93. The molecule has 0 saturated carbocycles. The van der Waals surface area contributed by atoms with E-state index in [1.54, 1.807) is 30.0 Å². The number of benzene rings is 2. The highest BCUT2D eigenvalue weighted by Gasteiger charge is 2.23. The Bertz CT molecular complexity index is 663. The van der Waals surface area contributed by atoms with E-state index in [1.807, 2.05) is 6.07 Å². The third-order valence-electron chi connectivity index (χ3n) is 3.52. The predicted octanol–water partition coefficient (Wildman–Crippen LogP) is 4.62. The molecule has 2 aromatic rings. The van der Waals surface area contributed by atoms with Crippen LogP contribution in [0.15, 0.2) is 41.3 Å². The molecule has 110 valence electrons. The maximum Gasteiger partial charge on any atom is 0.165 e. The van der Waals surface area contributed by atoms with Crippen LogP contribution < -0.4 is 10.1 Å². The minimum Gasteiger partial charge on any atom is -0.494 e. The van der Waals surface area contributed by atoms with E-state index < -0.39 is 5.82 Å². The standard InChI is InChI=1S/C16H15F2NOS/c1-20-15-9-10(5-6-12(15)17)19-14-7-8-21-16-11(14)3-2-4-13(16)18/h2-6,9,14,19H,7-8H2,1H3. The Morgan fingerprint density at radius 2 is 2.05 bits per heavy atom. The number of halogens is 2. The second-order valence-electron chi connectivity index (χ2n) is 4.84. The first-order chi connectivity index (χ1) is 10.2. The highest BCUT2D eigenvalue weighted by Crippen LogP contribution is 2.39. The molecule has 0 fully saturated rings. The first-order valence-electron chi connectivity index (χ1n) is 6.70. The number of thioether (sulfide) groups is 1. The van der Waals surface area contributed by atoms with Gasteiger partial charge in [0.15, 0.2) is 11.6 Å². The Labute approximate surface area is 126 Å². The first kappa shape index (κ1) is 14.2. The van der Waals surface area contributed by atoms with Crippen LogP contribution in [-0.2, 0) is 0 Å². The van der Waals surface area contributed by atoms with Crippen molar-refractivity contribution in [1.29, 1.82) is 0 Å². The summed E-state index contributed by atoms with van der Waals surface area (Å²) in [5.74, 6) is 0.475. The van der Waals surface area contributed by atoms with Gasteiger partial charge < -0.3 is 10.1 Å². The van der Waals surface area contributed by atoms with Crippen molar-refractivity contribution in [2.45, 2.75) is 17.4 Å². The third-order valence-corrected chi connectivity index (χ3v) is 4.68. The summed E-state index contributed by atoms with van der Waals surface area (Å²) in [4.78, 5) is 0.704. The molecule has 1 aliphatic rings. The molecule has 1 unspecified atom stereocenters. The normalized spacial score (nSPS) is 17.2. The van der Waals surface area contributed by atoms with Crippen molar-refractivity contribution in [2.75, 3.05) is 18.2 Å². The zero-order valence-electron chi connectivity index (χ0n) is 11.5. The van der Waals surface area contributed by atoms with Crippen molar-refractivity contribution in [2.24, 2.45) is 0 Å². The van der Waals surface area contributed by atoms with Gasteiger partial charge in [0.1, 0.15) is 5.82 Å². The van der Waals surface area contributed by atoms with Crippen molar-refractivity contribution in [3.05, 3.63) is 53.6 Å². The SMILES string of the molecule is COc1cc(NC2CCSc3c(F)cccc32)ccc1F. The van der Waals surface area contributed by atoms with Gasteiger partial charge in [0.2, 0.25) is 0 Å². The van der Waals surface area contributed by atoms with Gasteiger partial charge in [0.25, 0.3) is 0 Å². The summed E-state index contributed by atoms with van der Waals surface area (Å²) >= 11 is 1.54. The summed E-state index contributed by atoms with van der Waals surface area (Å²) in [7, 11) is 1.43. The van der Waals surface area contributed by atoms with Crippen LogP contribution >= 0.6 is 11.8 Å². The van der Waals surface area contributed by atoms with Gasteiger partial charge in [-0.2, -0.15) is 0 Å². The molecule has 1 aliphatic heterocycles. The van der Waals surface area contributed by atoms with E-state index in [1.165, 1.54) is 19.2 Å². The lowest BCUT2D eigenvalue weighted by molar-refractivity contribution is 0.386. The molecule has 0 radical (unpaired) electrons. The number of nitrogens with one attached hydrogen (secondary N) is 1. The van der Waals surface area contributed by atoms with E-state index in [0.717, 1.165) is 23.4 Å². The minimum atomic E-state index is -0.395. The monoisotopic (exact) mass is 307 g/mol. The summed E-state index contributed by atoms with van der Waals surface area (Å²) in [5.41, 5.74) is 1.72. The molecule has 0 bridgehead atoms. The molecule has 0 aromatic heterocycles. The van der Waals surface area contributed by atoms with E-state index >= 15 is 0 Å². The molecule has 0 aliphatic carbocycles. The van der Waals surface area contributed by atoms with E-state index in [-0.39, 0.29) is 17.6 Å². The summed E-state index contributed by atoms with van der Waals surface area (Å²) < 4.78 is 32.3. The summed E-state index contributed by atoms with van der Waals surface area (Å²) in [6.45, 7) is 0. The highest BCUT2D eigenvalue weighted by molar-refractivity contribution is 7.99.